The molecule has 88 valence electrons. The zero-order valence-electron chi connectivity index (χ0n) is 9.46. The molecule has 0 saturated carbocycles. The minimum atomic E-state index is -0.0489. The van der Waals surface area contributed by atoms with Crippen molar-refractivity contribution in [1.82, 2.24) is 0 Å². The highest BCUT2D eigenvalue weighted by molar-refractivity contribution is 5.95. The number of amides is 1. The van der Waals surface area contributed by atoms with E-state index in [4.69, 9.17) is 10.3 Å². The summed E-state index contributed by atoms with van der Waals surface area (Å²) in [5.41, 5.74) is 10.6. The molecule has 6 heteroatoms. The molecule has 0 spiro atoms. The highest BCUT2D eigenvalue weighted by Gasteiger charge is 2.20. The Hall–Kier alpha value is -2.04. The molecule has 1 fully saturated rings. The molecule has 17 heavy (non-hydrogen) atoms. The number of hydrogen-bond acceptors (Lipinski definition) is 3. The second-order valence-electron chi connectivity index (χ2n) is 3.76. The van der Waals surface area contributed by atoms with E-state index in [2.05, 4.69) is 10.0 Å². The van der Waals surface area contributed by atoms with Crippen molar-refractivity contribution in [2.24, 2.45) is 5.11 Å². The standard InChI is InChI=1S/C11H12N4O2/c1-8-6-9(2-3-10(8)13-14-12)15-4-5-17-7-11(15)16/h2-3,6H,4-5,7H2,1H3. The van der Waals surface area contributed by atoms with Crippen LogP contribution in [0.15, 0.2) is 23.3 Å². The van der Waals surface area contributed by atoms with E-state index in [0.717, 1.165) is 11.3 Å². The van der Waals surface area contributed by atoms with Gasteiger partial charge in [0.2, 0.25) is 0 Å². The topological polar surface area (TPSA) is 78.3 Å². The van der Waals surface area contributed by atoms with Crippen molar-refractivity contribution in [3.05, 3.63) is 34.2 Å². The number of anilines is 1. The first-order valence-electron chi connectivity index (χ1n) is 5.26. The van der Waals surface area contributed by atoms with E-state index in [1.807, 2.05) is 13.0 Å². The maximum Gasteiger partial charge on any atom is 0.253 e. The summed E-state index contributed by atoms with van der Waals surface area (Å²) < 4.78 is 5.07. The molecule has 6 nitrogen and oxygen atoms in total. The third-order valence-corrected chi connectivity index (χ3v) is 2.63. The largest absolute Gasteiger partial charge is 0.370 e. The van der Waals surface area contributed by atoms with Crippen LogP contribution in [0.1, 0.15) is 5.56 Å². The summed E-state index contributed by atoms with van der Waals surface area (Å²) in [5, 5.41) is 3.56. The van der Waals surface area contributed by atoms with Crippen LogP contribution in [0, 0.1) is 6.92 Å². The number of carbonyl (C=O) groups is 1. The summed E-state index contributed by atoms with van der Waals surface area (Å²) in [6, 6.07) is 5.33. The minimum Gasteiger partial charge on any atom is -0.370 e. The quantitative estimate of drug-likeness (QED) is 0.445. The molecule has 0 aliphatic carbocycles. The third kappa shape index (κ3) is 2.38. The Kier molecular flexibility index (Phi) is 3.27. The van der Waals surface area contributed by atoms with Gasteiger partial charge in [0.05, 0.1) is 6.61 Å². The van der Waals surface area contributed by atoms with Crippen LogP contribution < -0.4 is 4.90 Å². The number of benzene rings is 1. The van der Waals surface area contributed by atoms with Gasteiger partial charge >= 0.3 is 0 Å². The first kappa shape index (κ1) is 11.4. The lowest BCUT2D eigenvalue weighted by molar-refractivity contribution is -0.125. The zero-order chi connectivity index (χ0) is 12.3. The van der Waals surface area contributed by atoms with Gasteiger partial charge in [0.15, 0.2) is 0 Å². The molecule has 0 N–H and O–H groups in total. The molecular formula is C11H12N4O2. The highest BCUT2D eigenvalue weighted by Crippen LogP contribution is 2.25. The first-order chi connectivity index (χ1) is 8.22. The fourth-order valence-corrected chi connectivity index (χ4v) is 1.76. The molecule has 0 bridgehead atoms. The van der Waals surface area contributed by atoms with Crippen molar-refractivity contribution in [1.29, 1.82) is 0 Å². The molecule has 0 unspecified atom stereocenters. The Morgan fingerprint density at radius 3 is 3.00 bits per heavy atom. The molecule has 0 radical (unpaired) electrons. The molecule has 1 aromatic carbocycles. The van der Waals surface area contributed by atoms with Crippen LogP contribution in [-0.2, 0) is 9.53 Å². The van der Waals surface area contributed by atoms with Gasteiger partial charge in [-0.05, 0) is 30.2 Å². The lowest BCUT2D eigenvalue weighted by Gasteiger charge is -2.27. The van der Waals surface area contributed by atoms with Crippen LogP contribution in [0.25, 0.3) is 10.4 Å². The van der Waals surface area contributed by atoms with Crippen LogP contribution in [-0.4, -0.2) is 25.7 Å². The van der Waals surface area contributed by atoms with Gasteiger partial charge in [-0.15, -0.1) is 0 Å². The van der Waals surface area contributed by atoms with Gasteiger partial charge in [0, 0.05) is 22.8 Å². The number of rotatable bonds is 2. The molecule has 1 saturated heterocycles. The molecule has 1 amide bonds. The Labute approximate surface area is 98.4 Å². The van der Waals surface area contributed by atoms with Gasteiger partial charge in [-0.3, -0.25) is 4.79 Å². The Morgan fingerprint density at radius 2 is 2.35 bits per heavy atom. The monoisotopic (exact) mass is 232 g/mol. The van der Waals surface area contributed by atoms with E-state index in [1.165, 1.54) is 0 Å². The van der Waals surface area contributed by atoms with Crippen molar-refractivity contribution in [2.45, 2.75) is 6.92 Å². The van der Waals surface area contributed by atoms with Crippen LogP contribution in [0.4, 0.5) is 11.4 Å². The lowest BCUT2D eigenvalue weighted by Crippen LogP contribution is -2.41. The predicted molar refractivity (Wildman–Crippen MR) is 63.2 cm³/mol. The number of aryl methyl sites for hydroxylation is 1. The van der Waals surface area contributed by atoms with Crippen molar-refractivity contribution in [3.8, 4) is 0 Å². The van der Waals surface area contributed by atoms with Gasteiger partial charge < -0.3 is 9.64 Å². The van der Waals surface area contributed by atoms with Crippen LogP contribution in [0.2, 0.25) is 0 Å². The number of azide groups is 1. The van der Waals surface area contributed by atoms with Crippen LogP contribution >= 0.6 is 0 Å². The number of hydrogen-bond donors (Lipinski definition) is 0. The first-order valence-corrected chi connectivity index (χ1v) is 5.26. The van der Waals surface area contributed by atoms with E-state index in [9.17, 15) is 4.79 Å². The van der Waals surface area contributed by atoms with Crippen molar-refractivity contribution < 1.29 is 9.53 Å². The zero-order valence-corrected chi connectivity index (χ0v) is 9.46. The maximum atomic E-state index is 11.6. The minimum absolute atomic E-state index is 0.0489. The summed E-state index contributed by atoms with van der Waals surface area (Å²) in [4.78, 5) is 16.1. The van der Waals surface area contributed by atoms with Crippen LogP contribution in [0.5, 0.6) is 0 Å². The molecule has 1 heterocycles. The van der Waals surface area contributed by atoms with E-state index in [0.29, 0.717) is 18.8 Å². The fraction of sp³-hybridized carbons (Fsp3) is 0.364. The van der Waals surface area contributed by atoms with Crippen molar-refractivity contribution >= 4 is 17.3 Å². The van der Waals surface area contributed by atoms with Gasteiger partial charge in [0.25, 0.3) is 5.91 Å². The Morgan fingerprint density at radius 1 is 1.53 bits per heavy atom. The average molecular weight is 232 g/mol. The average Bonchev–Trinajstić information content (AvgIpc) is 2.33. The predicted octanol–water partition coefficient (Wildman–Crippen LogP) is 2.30. The Balaban J connectivity index is 2.30. The molecule has 0 aromatic heterocycles. The third-order valence-electron chi connectivity index (χ3n) is 2.63. The summed E-state index contributed by atoms with van der Waals surface area (Å²) in [7, 11) is 0. The van der Waals surface area contributed by atoms with Crippen molar-refractivity contribution in [3.63, 3.8) is 0 Å². The van der Waals surface area contributed by atoms with E-state index < -0.39 is 0 Å². The second kappa shape index (κ2) is 4.86. The summed E-state index contributed by atoms with van der Waals surface area (Å²) >= 11 is 0. The maximum absolute atomic E-state index is 11.6. The second-order valence-corrected chi connectivity index (χ2v) is 3.76. The van der Waals surface area contributed by atoms with Crippen LogP contribution in [0.3, 0.4) is 0 Å². The molecule has 0 atom stereocenters. The number of morpholine rings is 1. The van der Waals surface area contributed by atoms with Gasteiger partial charge in [0.1, 0.15) is 6.61 Å². The van der Waals surface area contributed by atoms with E-state index in [-0.39, 0.29) is 12.5 Å². The summed E-state index contributed by atoms with van der Waals surface area (Å²) in [6.07, 6.45) is 0. The van der Waals surface area contributed by atoms with Gasteiger partial charge in [-0.25, -0.2) is 0 Å². The van der Waals surface area contributed by atoms with E-state index in [1.54, 1.807) is 17.0 Å². The van der Waals surface area contributed by atoms with Crippen molar-refractivity contribution in [2.75, 3.05) is 24.7 Å². The molecule has 2 rings (SSSR count). The highest BCUT2D eigenvalue weighted by atomic mass is 16.5. The molecule has 1 aromatic rings. The Bertz CT molecular complexity index is 494. The SMILES string of the molecule is Cc1cc(N2CCOCC2=O)ccc1N=[N+]=[N-]. The number of nitrogens with zero attached hydrogens (tertiary/aromatic N) is 4. The van der Waals surface area contributed by atoms with Gasteiger partial charge in [-0.1, -0.05) is 11.2 Å². The molecule has 1 aliphatic rings. The molecule has 1 aliphatic heterocycles. The fourth-order valence-electron chi connectivity index (χ4n) is 1.76. The lowest BCUT2D eigenvalue weighted by atomic mass is 10.1. The summed E-state index contributed by atoms with van der Waals surface area (Å²) in [6.45, 7) is 3.07. The molecular weight excluding hydrogens is 220 g/mol. The summed E-state index contributed by atoms with van der Waals surface area (Å²) in [5.74, 6) is -0.0489. The van der Waals surface area contributed by atoms with E-state index >= 15 is 0 Å². The number of ether oxygens (including phenoxy) is 1. The normalized spacial score (nSPS) is 15.6. The number of carbonyl (C=O) groups excluding carboxylic acids is 1. The van der Waals surface area contributed by atoms with Gasteiger partial charge in [-0.2, -0.15) is 0 Å². The smallest absolute Gasteiger partial charge is 0.253 e.